The molecular weight excluding hydrogens is 426 g/mol. The van der Waals surface area contributed by atoms with Crippen LogP contribution in [0.5, 0.6) is 11.5 Å². The number of nitrogens with one attached hydrogen (secondary N) is 1. The van der Waals surface area contributed by atoms with Crippen LogP contribution < -0.4 is 14.8 Å². The van der Waals surface area contributed by atoms with E-state index in [1.807, 2.05) is 0 Å². The Balaban J connectivity index is 2.18. The molecule has 9 nitrogen and oxygen atoms in total. The number of likely N-dealkylation sites (N-methyl/N-ethyl adjacent to an activating group) is 1. The molecule has 0 fully saturated rings. The number of carbonyl (C=O) groups is 2. The number of carbonyl (C=O) groups excluding carboxylic acids is 2. The first kappa shape index (κ1) is 23.9. The van der Waals surface area contributed by atoms with Crippen LogP contribution in [-0.2, 0) is 16.1 Å². The van der Waals surface area contributed by atoms with Crippen LogP contribution in [0.3, 0.4) is 0 Å². The number of hydrogen-bond acceptors (Lipinski definition) is 6. The molecule has 0 aliphatic rings. The summed E-state index contributed by atoms with van der Waals surface area (Å²) in [4.78, 5) is 37.1. The van der Waals surface area contributed by atoms with E-state index in [1.54, 1.807) is 38.1 Å². The van der Waals surface area contributed by atoms with Crippen molar-refractivity contribution in [3.8, 4) is 11.5 Å². The molecule has 0 spiro atoms. The molecule has 31 heavy (non-hydrogen) atoms. The van der Waals surface area contributed by atoms with Crippen LogP contribution in [0.25, 0.3) is 0 Å². The second kappa shape index (κ2) is 11.2. The maximum atomic E-state index is 12.9. The molecule has 1 N–H and O–H groups in total. The number of nitrogens with zero attached hydrogens (tertiary/aromatic N) is 2. The molecule has 0 saturated carbocycles. The number of rotatable bonds is 10. The molecule has 1 atom stereocenters. The summed E-state index contributed by atoms with van der Waals surface area (Å²) in [6, 6.07) is 10.2. The van der Waals surface area contributed by atoms with Gasteiger partial charge in [-0.2, -0.15) is 0 Å². The third kappa shape index (κ3) is 6.58. The first-order valence-corrected chi connectivity index (χ1v) is 9.91. The normalized spacial score (nSPS) is 11.4. The van der Waals surface area contributed by atoms with E-state index in [1.165, 1.54) is 30.2 Å². The van der Waals surface area contributed by atoms with E-state index in [2.05, 4.69) is 5.32 Å². The van der Waals surface area contributed by atoms with Gasteiger partial charge in [-0.05, 0) is 37.6 Å². The minimum Gasteiger partial charge on any atom is -0.490 e. The van der Waals surface area contributed by atoms with Gasteiger partial charge in [0.05, 0.1) is 12.0 Å². The Kier molecular flexibility index (Phi) is 8.63. The zero-order chi connectivity index (χ0) is 23.0. The second-order valence-corrected chi connectivity index (χ2v) is 7.04. The lowest BCUT2D eigenvalue weighted by molar-refractivity contribution is -0.385. The number of halogens is 1. The Morgan fingerprint density at radius 3 is 2.61 bits per heavy atom. The summed E-state index contributed by atoms with van der Waals surface area (Å²) in [5.41, 5.74) is 0.544. The van der Waals surface area contributed by atoms with Crippen molar-refractivity contribution in [3.05, 3.63) is 63.2 Å². The molecule has 0 radical (unpaired) electrons. The molecule has 0 aromatic heterocycles. The molecule has 0 aliphatic carbocycles. The average Bonchev–Trinajstić information content (AvgIpc) is 2.75. The van der Waals surface area contributed by atoms with Gasteiger partial charge in [-0.1, -0.05) is 23.7 Å². The summed E-state index contributed by atoms with van der Waals surface area (Å²) in [6.45, 7) is 3.64. The molecule has 2 aromatic carbocycles. The molecule has 1 unspecified atom stereocenters. The van der Waals surface area contributed by atoms with Gasteiger partial charge in [-0.3, -0.25) is 19.7 Å². The highest BCUT2D eigenvalue weighted by Gasteiger charge is 2.26. The van der Waals surface area contributed by atoms with Crippen molar-refractivity contribution in [3.63, 3.8) is 0 Å². The summed E-state index contributed by atoms with van der Waals surface area (Å²) < 4.78 is 10.5. The zero-order valence-electron chi connectivity index (χ0n) is 17.5. The number of ether oxygens (including phenoxy) is 2. The lowest BCUT2D eigenvalue weighted by atomic mass is 10.1. The average molecular weight is 450 g/mol. The molecule has 0 saturated heterocycles. The van der Waals surface area contributed by atoms with E-state index in [9.17, 15) is 19.7 Å². The van der Waals surface area contributed by atoms with Crippen molar-refractivity contribution in [2.24, 2.45) is 0 Å². The van der Waals surface area contributed by atoms with Crippen molar-refractivity contribution in [1.29, 1.82) is 0 Å². The predicted molar refractivity (Wildman–Crippen MR) is 115 cm³/mol. The van der Waals surface area contributed by atoms with Crippen LogP contribution in [0.4, 0.5) is 5.69 Å². The van der Waals surface area contributed by atoms with Gasteiger partial charge in [0.15, 0.2) is 6.61 Å². The quantitative estimate of drug-likeness (QED) is 0.440. The van der Waals surface area contributed by atoms with Crippen LogP contribution in [0.1, 0.15) is 19.4 Å². The molecule has 2 amide bonds. The van der Waals surface area contributed by atoms with Crippen LogP contribution in [-0.4, -0.2) is 47.9 Å². The molecular formula is C21H24ClN3O6. The van der Waals surface area contributed by atoms with Crippen molar-refractivity contribution < 1.29 is 24.0 Å². The molecule has 2 rings (SSSR count). The highest BCUT2D eigenvalue weighted by atomic mass is 35.5. The Morgan fingerprint density at radius 1 is 1.26 bits per heavy atom. The highest BCUT2D eigenvalue weighted by Crippen LogP contribution is 2.30. The van der Waals surface area contributed by atoms with Gasteiger partial charge >= 0.3 is 5.69 Å². The summed E-state index contributed by atoms with van der Waals surface area (Å²) in [5.74, 6) is -0.489. The minimum absolute atomic E-state index is 0.0152. The van der Waals surface area contributed by atoms with E-state index in [0.29, 0.717) is 11.6 Å². The van der Waals surface area contributed by atoms with Gasteiger partial charge in [-0.15, -0.1) is 0 Å². The summed E-state index contributed by atoms with van der Waals surface area (Å²) in [5, 5.41) is 14.2. The number of nitro benzene ring substituents is 1. The van der Waals surface area contributed by atoms with Gasteiger partial charge < -0.3 is 19.7 Å². The van der Waals surface area contributed by atoms with E-state index in [0.717, 1.165) is 5.56 Å². The molecule has 10 heteroatoms. The van der Waals surface area contributed by atoms with E-state index in [4.69, 9.17) is 21.1 Å². The fourth-order valence-corrected chi connectivity index (χ4v) is 3.08. The van der Waals surface area contributed by atoms with Crippen molar-refractivity contribution >= 4 is 29.1 Å². The third-order valence-corrected chi connectivity index (χ3v) is 4.71. The second-order valence-electron chi connectivity index (χ2n) is 6.60. The maximum Gasteiger partial charge on any atom is 0.311 e. The van der Waals surface area contributed by atoms with Gasteiger partial charge in [0, 0.05) is 30.2 Å². The Morgan fingerprint density at radius 2 is 2.00 bits per heavy atom. The van der Waals surface area contributed by atoms with Crippen molar-refractivity contribution in [2.75, 3.05) is 20.3 Å². The van der Waals surface area contributed by atoms with Crippen molar-refractivity contribution in [1.82, 2.24) is 10.2 Å². The minimum atomic E-state index is -0.749. The smallest absolute Gasteiger partial charge is 0.311 e. The lowest BCUT2D eigenvalue weighted by Crippen LogP contribution is -2.49. The molecule has 0 aliphatic heterocycles. The largest absolute Gasteiger partial charge is 0.490 e. The van der Waals surface area contributed by atoms with E-state index in [-0.39, 0.29) is 36.2 Å². The Labute approximate surface area is 185 Å². The third-order valence-electron chi connectivity index (χ3n) is 4.47. The van der Waals surface area contributed by atoms with Crippen LogP contribution in [0.2, 0.25) is 5.02 Å². The number of amides is 2. The fraction of sp³-hybridized carbons (Fsp3) is 0.333. The van der Waals surface area contributed by atoms with Crippen LogP contribution in [0, 0.1) is 10.1 Å². The SMILES string of the molecule is CCNC(=O)C(C)N(Cc1cccc(Cl)c1)C(=O)COc1ccc([N+](=O)[O-])c(OC)c1. The van der Waals surface area contributed by atoms with Gasteiger partial charge in [0.1, 0.15) is 11.8 Å². The first-order chi connectivity index (χ1) is 14.8. The van der Waals surface area contributed by atoms with E-state index >= 15 is 0 Å². The standard InChI is InChI=1S/C21H24ClN3O6/c1-4-23-21(27)14(2)24(12-15-6-5-7-16(22)10-15)20(26)13-31-17-8-9-18(25(28)29)19(11-17)30-3/h5-11,14H,4,12-13H2,1-3H3,(H,23,27). The Hall–Kier alpha value is -3.33. The topological polar surface area (TPSA) is 111 Å². The van der Waals surface area contributed by atoms with E-state index < -0.39 is 16.9 Å². The van der Waals surface area contributed by atoms with Gasteiger partial charge in [-0.25, -0.2) is 0 Å². The zero-order valence-corrected chi connectivity index (χ0v) is 18.2. The van der Waals surface area contributed by atoms with Gasteiger partial charge in [0.25, 0.3) is 5.91 Å². The molecule has 166 valence electrons. The highest BCUT2D eigenvalue weighted by molar-refractivity contribution is 6.30. The molecule has 2 aromatic rings. The summed E-state index contributed by atoms with van der Waals surface area (Å²) in [6.07, 6.45) is 0. The van der Waals surface area contributed by atoms with Crippen molar-refractivity contribution in [2.45, 2.75) is 26.4 Å². The maximum absolute atomic E-state index is 12.9. The summed E-state index contributed by atoms with van der Waals surface area (Å²) in [7, 11) is 1.30. The number of benzene rings is 2. The fourth-order valence-electron chi connectivity index (χ4n) is 2.86. The predicted octanol–water partition coefficient (Wildman–Crippen LogP) is 3.19. The number of hydrogen-bond donors (Lipinski definition) is 1. The van der Waals surface area contributed by atoms with Crippen LogP contribution in [0.15, 0.2) is 42.5 Å². The van der Waals surface area contributed by atoms with Crippen LogP contribution >= 0.6 is 11.6 Å². The first-order valence-electron chi connectivity index (χ1n) is 9.53. The Bertz CT molecular complexity index is 952. The monoisotopic (exact) mass is 449 g/mol. The van der Waals surface area contributed by atoms with Gasteiger partial charge in [0.2, 0.25) is 11.7 Å². The lowest BCUT2D eigenvalue weighted by Gasteiger charge is -2.28. The molecule has 0 heterocycles. The summed E-state index contributed by atoms with van der Waals surface area (Å²) >= 11 is 6.04. The molecule has 0 bridgehead atoms. The number of nitro groups is 1. The number of methoxy groups -OCH3 is 1.